The fourth-order valence-corrected chi connectivity index (χ4v) is 1.87. The van der Waals surface area contributed by atoms with E-state index >= 15 is 0 Å². The van der Waals surface area contributed by atoms with Gasteiger partial charge in [0.15, 0.2) is 0 Å². The Hall–Kier alpha value is -1.48. The first kappa shape index (κ1) is 11.0. The van der Waals surface area contributed by atoms with Gasteiger partial charge in [-0.05, 0) is 31.5 Å². The van der Waals surface area contributed by atoms with E-state index in [1.165, 1.54) is 0 Å². The molecular formula is C12H14ClN3. The van der Waals surface area contributed by atoms with Gasteiger partial charge in [0, 0.05) is 17.0 Å². The van der Waals surface area contributed by atoms with E-state index in [0.717, 1.165) is 33.7 Å². The van der Waals surface area contributed by atoms with Gasteiger partial charge in [-0.2, -0.15) is 0 Å². The number of aromatic nitrogens is 1. The van der Waals surface area contributed by atoms with Crippen LogP contribution in [0, 0.1) is 6.92 Å². The summed E-state index contributed by atoms with van der Waals surface area (Å²) in [5.74, 6) is 0. The van der Waals surface area contributed by atoms with Crippen LogP contribution in [0.4, 0.5) is 11.4 Å². The Morgan fingerprint density at radius 3 is 2.88 bits per heavy atom. The van der Waals surface area contributed by atoms with Gasteiger partial charge < -0.3 is 11.1 Å². The van der Waals surface area contributed by atoms with E-state index in [2.05, 4.69) is 10.3 Å². The fourth-order valence-electron chi connectivity index (χ4n) is 1.71. The Kier molecular flexibility index (Phi) is 2.88. The van der Waals surface area contributed by atoms with E-state index < -0.39 is 0 Å². The fraction of sp³-hybridized carbons (Fsp3) is 0.250. The molecule has 1 aromatic heterocycles. The van der Waals surface area contributed by atoms with E-state index in [0.29, 0.717) is 5.69 Å². The highest BCUT2D eigenvalue weighted by Crippen LogP contribution is 2.31. The number of rotatable bonds is 2. The zero-order valence-electron chi connectivity index (χ0n) is 9.34. The maximum Gasteiger partial charge on any atom is 0.0743 e. The summed E-state index contributed by atoms with van der Waals surface area (Å²) in [5.41, 5.74) is 9.39. The highest BCUT2D eigenvalue weighted by molar-refractivity contribution is 6.32. The van der Waals surface area contributed by atoms with Crippen molar-refractivity contribution < 1.29 is 0 Å². The summed E-state index contributed by atoms with van der Waals surface area (Å²) in [7, 11) is 0. The Bertz CT molecular complexity index is 537. The summed E-state index contributed by atoms with van der Waals surface area (Å²) in [6, 6.07) is 3.88. The first-order valence-electron chi connectivity index (χ1n) is 5.21. The molecule has 2 rings (SSSR count). The normalized spacial score (nSPS) is 10.7. The second-order valence-electron chi connectivity index (χ2n) is 3.74. The smallest absolute Gasteiger partial charge is 0.0743 e. The number of nitrogen functional groups attached to an aromatic ring is 1. The van der Waals surface area contributed by atoms with Gasteiger partial charge in [0.25, 0.3) is 0 Å². The van der Waals surface area contributed by atoms with Crippen LogP contribution >= 0.6 is 11.6 Å². The van der Waals surface area contributed by atoms with Crippen molar-refractivity contribution in [3.05, 3.63) is 28.9 Å². The lowest BCUT2D eigenvalue weighted by molar-refractivity contribution is 1.21. The van der Waals surface area contributed by atoms with Crippen molar-refractivity contribution in [2.75, 3.05) is 17.6 Å². The molecule has 0 saturated carbocycles. The number of benzene rings is 1. The molecule has 4 heteroatoms. The highest BCUT2D eigenvalue weighted by atomic mass is 35.5. The van der Waals surface area contributed by atoms with Gasteiger partial charge in [0.05, 0.1) is 23.1 Å². The lowest BCUT2D eigenvalue weighted by Crippen LogP contribution is -2.02. The Balaban J connectivity index is 2.76. The van der Waals surface area contributed by atoms with Gasteiger partial charge in [-0.15, -0.1) is 0 Å². The zero-order valence-corrected chi connectivity index (χ0v) is 10.1. The number of halogens is 1. The molecule has 84 valence electrons. The summed E-state index contributed by atoms with van der Waals surface area (Å²) < 4.78 is 0. The first-order chi connectivity index (χ1) is 7.63. The third kappa shape index (κ3) is 1.78. The van der Waals surface area contributed by atoms with Crippen LogP contribution in [0.5, 0.6) is 0 Å². The number of pyridine rings is 1. The average Bonchev–Trinajstić information content (AvgIpc) is 2.25. The van der Waals surface area contributed by atoms with E-state index in [9.17, 15) is 0 Å². The van der Waals surface area contributed by atoms with Crippen LogP contribution in [0.15, 0.2) is 18.3 Å². The molecule has 0 unspecified atom stereocenters. The summed E-state index contributed by atoms with van der Waals surface area (Å²) in [4.78, 5) is 4.28. The molecule has 3 nitrogen and oxygen atoms in total. The molecule has 1 aromatic carbocycles. The van der Waals surface area contributed by atoms with Crippen LogP contribution in [0.25, 0.3) is 10.9 Å². The van der Waals surface area contributed by atoms with Crippen molar-refractivity contribution in [3.63, 3.8) is 0 Å². The largest absolute Gasteiger partial charge is 0.396 e. The van der Waals surface area contributed by atoms with E-state index in [-0.39, 0.29) is 0 Å². The van der Waals surface area contributed by atoms with Gasteiger partial charge in [-0.3, -0.25) is 4.98 Å². The van der Waals surface area contributed by atoms with Gasteiger partial charge in [0.2, 0.25) is 0 Å². The van der Waals surface area contributed by atoms with Crippen molar-refractivity contribution in [1.82, 2.24) is 4.98 Å². The maximum absolute atomic E-state index is 6.07. The van der Waals surface area contributed by atoms with Gasteiger partial charge in [0.1, 0.15) is 0 Å². The minimum absolute atomic E-state index is 0.663. The van der Waals surface area contributed by atoms with E-state index in [4.69, 9.17) is 17.3 Å². The number of nitrogens with one attached hydrogen (secondary N) is 1. The number of anilines is 2. The van der Waals surface area contributed by atoms with Crippen molar-refractivity contribution in [3.8, 4) is 0 Å². The number of nitrogens with two attached hydrogens (primary N) is 1. The lowest BCUT2D eigenvalue weighted by Gasteiger charge is -2.11. The highest BCUT2D eigenvalue weighted by Gasteiger charge is 2.07. The quantitative estimate of drug-likeness (QED) is 0.841. The summed E-state index contributed by atoms with van der Waals surface area (Å²) in [6.45, 7) is 4.83. The molecule has 0 spiro atoms. The van der Waals surface area contributed by atoms with E-state index in [1.807, 2.05) is 26.0 Å². The number of hydrogen-bond donors (Lipinski definition) is 2. The number of aryl methyl sites for hydroxylation is 1. The van der Waals surface area contributed by atoms with Crippen LogP contribution in [-0.2, 0) is 0 Å². The minimum Gasteiger partial charge on any atom is -0.396 e. The second kappa shape index (κ2) is 4.18. The zero-order chi connectivity index (χ0) is 11.7. The number of nitrogens with zero attached hydrogens (tertiary/aromatic N) is 1. The maximum atomic E-state index is 6.07. The number of hydrogen-bond acceptors (Lipinski definition) is 3. The topological polar surface area (TPSA) is 50.9 Å². The minimum atomic E-state index is 0.663. The SMILES string of the molecule is CCNc1c(N)cnc2cc(Cl)c(C)cc12. The molecule has 0 saturated heterocycles. The Morgan fingerprint density at radius 1 is 1.44 bits per heavy atom. The van der Waals surface area contributed by atoms with Crippen LogP contribution in [0.3, 0.4) is 0 Å². The van der Waals surface area contributed by atoms with Crippen LogP contribution in [0.2, 0.25) is 5.02 Å². The van der Waals surface area contributed by atoms with Crippen molar-refractivity contribution in [2.24, 2.45) is 0 Å². The van der Waals surface area contributed by atoms with Crippen molar-refractivity contribution in [2.45, 2.75) is 13.8 Å². The Morgan fingerprint density at radius 2 is 2.19 bits per heavy atom. The standard InChI is InChI=1S/C12H14ClN3/c1-3-15-12-8-4-7(2)9(13)5-11(8)16-6-10(12)14/h4-6H,3,14H2,1-2H3,(H,15,16). The predicted molar refractivity (Wildman–Crippen MR) is 70.1 cm³/mol. The summed E-state index contributed by atoms with van der Waals surface area (Å²) in [5, 5.41) is 5.00. The third-order valence-corrected chi connectivity index (χ3v) is 2.94. The van der Waals surface area contributed by atoms with Crippen LogP contribution in [0.1, 0.15) is 12.5 Å². The summed E-state index contributed by atoms with van der Waals surface area (Å²) in [6.07, 6.45) is 1.66. The second-order valence-corrected chi connectivity index (χ2v) is 4.14. The average molecular weight is 236 g/mol. The molecule has 0 aliphatic heterocycles. The molecule has 0 atom stereocenters. The molecule has 0 bridgehead atoms. The molecule has 0 amide bonds. The third-order valence-electron chi connectivity index (χ3n) is 2.53. The van der Waals surface area contributed by atoms with Crippen LogP contribution in [-0.4, -0.2) is 11.5 Å². The summed E-state index contributed by atoms with van der Waals surface area (Å²) >= 11 is 6.07. The monoisotopic (exact) mass is 235 g/mol. The molecule has 0 fully saturated rings. The van der Waals surface area contributed by atoms with Crippen LogP contribution < -0.4 is 11.1 Å². The van der Waals surface area contributed by atoms with Crippen molar-refractivity contribution >= 4 is 33.9 Å². The van der Waals surface area contributed by atoms with Crippen molar-refractivity contribution in [1.29, 1.82) is 0 Å². The molecule has 0 aliphatic rings. The Labute approximate surface area is 99.6 Å². The molecule has 3 N–H and O–H groups in total. The van der Waals surface area contributed by atoms with Gasteiger partial charge in [-0.1, -0.05) is 11.6 Å². The predicted octanol–water partition coefficient (Wildman–Crippen LogP) is 3.21. The molecule has 0 aliphatic carbocycles. The van der Waals surface area contributed by atoms with E-state index in [1.54, 1.807) is 6.20 Å². The molecule has 1 heterocycles. The molecule has 0 radical (unpaired) electrons. The molecular weight excluding hydrogens is 222 g/mol. The first-order valence-corrected chi connectivity index (χ1v) is 5.59. The molecule has 16 heavy (non-hydrogen) atoms. The number of fused-ring (bicyclic) bond motifs is 1. The lowest BCUT2D eigenvalue weighted by atomic mass is 10.1. The van der Waals surface area contributed by atoms with Gasteiger partial charge >= 0.3 is 0 Å². The van der Waals surface area contributed by atoms with Gasteiger partial charge in [-0.25, -0.2) is 0 Å². The molecule has 2 aromatic rings.